The van der Waals surface area contributed by atoms with Crippen LogP contribution in [0.2, 0.25) is 0 Å². The van der Waals surface area contributed by atoms with Gasteiger partial charge in [0.1, 0.15) is 4.24 Å². The van der Waals surface area contributed by atoms with Gasteiger partial charge in [-0.3, -0.25) is 0 Å². The van der Waals surface area contributed by atoms with Crippen molar-refractivity contribution in [2.75, 3.05) is 0 Å². The van der Waals surface area contributed by atoms with Crippen LogP contribution >= 0.6 is 37.0 Å². The molecule has 1 heterocycles. The molecule has 5 heteroatoms. The van der Waals surface area contributed by atoms with Crippen molar-refractivity contribution in [1.29, 1.82) is 0 Å². The van der Waals surface area contributed by atoms with E-state index in [1.807, 2.05) is 0 Å². The number of hydrogen-bond donors (Lipinski definition) is 2. The molecule has 0 aromatic carbocycles. The number of thiol groups is 2. The third-order valence-electron chi connectivity index (χ3n) is 3.62. The number of thioether (sulfide) groups is 1. The Morgan fingerprint density at radius 1 is 0.952 bits per heavy atom. The average molecular weight is 365 g/mol. The topological polar surface area (TPSA) is 17.1 Å². The van der Waals surface area contributed by atoms with Crippen LogP contribution in [0.25, 0.3) is 0 Å². The van der Waals surface area contributed by atoms with Crippen molar-refractivity contribution in [2.45, 2.75) is 78.1 Å². The Bertz CT molecular complexity index is 409. The maximum absolute atomic E-state index is 12.6. The molecular weight excluding hydrogens is 336 g/mol. The molecule has 1 nitrogen and oxygen atoms in total. The van der Waals surface area contributed by atoms with Gasteiger partial charge < -0.3 is 0 Å². The lowest BCUT2D eigenvalue weighted by Crippen LogP contribution is -1.93. The Hall–Kier alpha value is 0.680. The Balaban J connectivity index is 2.65. The fourth-order valence-electron chi connectivity index (χ4n) is 2.40. The molecule has 21 heavy (non-hydrogen) atoms. The van der Waals surface area contributed by atoms with Gasteiger partial charge in [-0.25, -0.2) is 4.21 Å². The summed E-state index contributed by atoms with van der Waals surface area (Å²) in [5, 5.41) is 0. The molecule has 0 amide bonds. The second-order valence-electron chi connectivity index (χ2n) is 5.45. The normalized spacial score (nSPS) is 18.7. The number of hydrogen-bond acceptors (Lipinski definition) is 4. The van der Waals surface area contributed by atoms with Crippen molar-refractivity contribution < 1.29 is 4.21 Å². The highest BCUT2D eigenvalue weighted by molar-refractivity contribution is 8.24. The summed E-state index contributed by atoms with van der Waals surface area (Å²) >= 11 is 10.2. The van der Waals surface area contributed by atoms with Crippen molar-refractivity contribution in [3.05, 3.63) is 18.3 Å². The SMILES string of the molecule is CCCCCCC1=C(CCCCCC)S(=O)C(=C(S)S)S1. The van der Waals surface area contributed by atoms with Crippen LogP contribution < -0.4 is 0 Å². The zero-order valence-corrected chi connectivity index (χ0v) is 16.6. The van der Waals surface area contributed by atoms with Crippen LogP contribution in [0.3, 0.4) is 0 Å². The molecule has 1 atom stereocenters. The number of unbranched alkanes of at least 4 members (excludes halogenated alkanes) is 6. The van der Waals surface area contributed by atoms with Crippen molar-refractivity contribution in [1.82, 2.24) is 0 Å². The summed E-state index contributed by atoms with van der Waals surface area (Å²) in [4.78, 5) is 2.49. The standard InChI is InChI=1S/C16H28OS4/c1-3-5-7-9-11-13-14(12-10-8-6-4-2)21(17)16(20-13)15(18)19/h18-19H,3-12H2,1-2H3. The Kier molecular flexibility index (Phi) is 10.6. The van der Waals surface area contributed by atoms with E-state index < -0.39 is 10.8 Å². The van der Waals surface area contributed by atoms with Crippen molar-refractivity contribution >= 4 is 47.8 Å². The van der Waals surface area contributed by atoms with Gasteiger partial charge in [0.2, 0.25) is 0 Å². The molecule has 0 fully saturated rings. The van der Waals surface area contributed by atoms with E-state index >= 15 is 0 Å². The Morgan fingerprint density at radius 2 is 1.52 bits per heavy atom. The van der Waals surface area contributed by atoms with Crippen molar-refractivity contribution in [3.63, 3.8) is 0 Å². The van der Waals surface area contributed by atoms with Gasteiger partial charge in [0.25, 0.3) is 0 Å². The van der Waals surface area contributed by atoms with Gasteiger partial charge in [0.05, 0.1) is 15.0 Å². The number of allylic oxidation sites excluding steroid dienone is 2. The highest BCUT2D eigenvalue weighted by Gasteiger charge is 2.28. The molecule has 1 unspecified atom stereocenters. The molecule has 0 radical (unpaired) electrons. The molecule has 0 N–H and O–H groups in total. The summed E-state index contributed by atoms with van der Waals surface area (Å²) in [6, 6.07) is 0. The lowest BCUT2D eigenvalue weighted by molar-refractivity contribution is 0.656. The maximum atomic E-state index is 12.6. The summed E-state index contributed by atoms with van der Waals surface area (Å²) in [6.45, 7) is 4.45. The highest BCUT2D eigenvalue weighted by atomic mass is 32.2. The molecule has 1 aliphatic heterocycles. The predicted molar refractivity (Wildman–Crippen MR) is 105 cm³/mol. The van der Waals surface area contributed by atoms with E-state index in [0.29, 0.717) is 4.24 Å². The fourth-order valence-corrected chi connectivity index (χ4v) is 6.23. The minimum absolute atomic E-state index is 0.618. The first-order valence-electron chi connectivity index (χ1n) is 8.05. The van der Waals surface area contributed by atoms with E-state index in [4.69, 9.17) is 0 Å². The first-order chi connectivity index (χ1) is 10.1. The summed E-state index contributed by atoms with van der Waals surface area (Å²) < 4.78 is 14.1. The lowest BCUT2D eigenvalue weighted by atomic mass is 10.1. The van der Waals surface area contributed by atoms with E-state index in [9.17, 15) is 4.21 Å². The fraction of sp³-hybridized carbons (Fsp3) is 0.750. The molecule has 0 aliphatic carbocycles. The molecule has 0 saturated heterocycles. The zero-order valence-electron chi connectivity index (χ0n) is 13.2. The third kappa shape index (κ3) is 6.76. The average Bonchev–Trinajstić information content (AvgIpc) is 2.77. The van der Waals surface area contributed by atoms with Crippen LogP contribution in [0.5, 0.6) is 0 Å². The van der Waals surface area contributed by atoms with Gasteiger partial charge in [-0.15, -0.1) is 25.3 Å². The molecule has 0 aromatic rings. The van der Waals surface area contributed by atoms with Crippen LogP contribution in [0.15, 0.2) is 18.3 Å². The van der Waals surface area contributed by atoms with Crippen molar-refractivity contribution in [3.8, 4) is 0 Å². The van der Waals surface area contributed by atoms with Gasteiger partial charge in [0.15, 0.2) is 0 Å². The zero-order chi connectivity index (χ0) is 15.7. The largest absolute Gasteiger partial charge is 0.249 e. The first kappa shape index (κ1) is 19.7. The summed E-state index contributed by atoms with van der Waals surface area (Å²) in [6.07, 6.45) is 11.9. The lowest BCUT2D eigenvalue weighted by Gasteiger charge is -2.05. The summed E-state index contributed by atoms with van der Waals surface area (Å²) in [7, 11) is -1.00. The van der Waals surface area contributed by atoms with Crippen LogP contribution in [0, 0.1) is 0 Å². The van der Waals surface area contributed by atoms with E-state index in [0.717, 1.165) is 28.4 Å². The van der Waals surface area contributed by atoms with Gasteiger partial charge in [-0.05, 0) is 25.7 Å². The molecule has 1 rings (SSSR count). The van der Waals surface area contributed by atoms with Crippen molar-refractivity contribution in [2.24, 2.45) is 0 Å². The van der Waals surface area contributed by atoms with E-state index in [2.05, 4.69) is 39.1 Å². The highest BCUT2D eigenvalue weighted by Crippen LogP contribution is 2.48. The second-order valence-corrected chi connectivity index (χ2v) is 9.50. The minimum Gasteiger partial charge on any atom is -0.249 e. The molecule has 122 valence electrons. The second kappa shape index (κ2) is 11.3. The molecular formula is C16H28OS4. The van der Waals surface area contributed by atoms with Gasteiger partial charge in [0, 0.05) is 9.81 Å². The van der Waals surface area contributed by atoms with E-state index in [1.54, 1.807) is 11.8 Å². The Morgan fingerprint density at radius 3 is 2.05 bits per heavy atom. The third-order valence-corrected chi connectivity index (χ3v) is 8.03. The van der Waals surface area contributed by atoms with Crippen LogP contribution in [-0.4, -0.2) is 4.21 Å². The summed E-state index contributed by atoms with van der Waals surface area (Å²) in [5.41, 5.74) is 0. The number of rotatable bonds is 10. The van der Waals surface area contributed by atoms with E-state index in [-0.39, 0.29) is 0 Å². The van der Waals surface area contributed by atoms with E-state index in [1.165, 1.54) is 49.9 Å². The monoisotopic (exact) mass is 364 g/mol. The molecule has 0 bridgehead atoms. The van der Waals surface area contributed by atoms with Gasteiger partial charge in [-0.1, -0.05) is 64.1 Å². The molecule has 0 spiro atoms. The van der Waals surface area contributed by atoms with Crippen LogP contribution in [0.4, 0.5) is 0 Å². The van der Waals surface area contributed by atoms with Crippen LogP contribution in [-0.2, 0) is 10.8 Å². The summed E-state index contributed by atoms with van der Waals surface area (Å²) in [5.74, 6) is 0. The maximum Gasteiger partial charge on any atom is 0.100 e. The first-order valence-corrected chi connectivity index (χ1v) is 10.9. The Labute approximate surface area is 148 Å². The molecule has 0 saturated carbocycles. The molecule has 1 aliphatic rings. The van der Waals surface area contributed by atoms with Crippen LogP contribution in [0.1, 0.15) is 78.1 Å². The minimum atomic E-state index is -1.00. The van der Waals surface area contributed by atoms with Gasteiger partial charge >= 0.3 is 0 Å². The quantitative estimate of drug-likeness (QED) is 0.335. The molecule has 0 aromatic heterocycles. The smallest absolute Gasteiger partial charge is 0.100 e. The van der Waals surface area contributed by atoms with Gasteiger partial charge in [-0.2, -0.15) is 0 Å². The predicted octanol–water partition coefficient (Wildman–Crippen LogP) is 6.62.